The third kappa shape index (κ3) is 1.97. The molecule has 0 aliphatic heterocycles. The van der Waals surface area contributed by atoms with Crippen molar-refractivity contribution in [2.24, 2.45) is 0 Å². The molecule has 5 heteroatoms. The summed E-state index contributed by atoms with van der Waals surface area (Å²) in [5.41, 5.74) is -0.735. The summed E-state index contributed by atoms with van der Waals surface area (Å²) < 4.78 is 38.2. The molecule has 0 N–H and O–H groups in total. The average molecular weight is 276 g/mol. The number of alkyl halides is 3. The van der Waals surface area contributed by atoms with Crippen LogP contribution in [0, 0.1) is 0 Å². The fraction of sp³-hybridized carbons (Fsp3) is 0.100. The van der Waals surface area contributed by atoms with Crippen LogP contribution in [0.5, 0.6) is 0 Å². The SMILES string of the molecule is FC(F)(F)c1cccc2ccc(Br)nc12. The van der Waals surface area contributed by atoms with Gasteiger partial charge in [0.05, 0.1) is 11.1 Å². The minimum Gasteiger partial charge on any atom is -0.240 e. The Morgan fingerprint density at radius 2 is 1.80 bits per heavy atom. The van der Waals surface area contributed by atoms with Crippen molar-refractivity contribution in [1.82, 2.24) is 4.98 Å². The first-order valence-electron chi connectivity index (χ1n) is 4.11. The third-order valence-electron chi connectivity index (χ3n) is 1.99. The van der Waals surface area contributed by atoms with Crippen LogP contribution in [0.15, 0.2) is 34.9 Å². The van der Waals surface area contributed by atoms with E-state index in [1.165, 1.54) is 6.07 Å². The van der Waals surface area contributed by atoms with E-state index in [1.807, 2.05) is 0 Å². The van der Waals surface area contributed by atoms with Gasteiger partial charge in [-0.3, -0.25) is 0 Å². The maximum atomic E-state index is 12.6. The number of para-hydroxylation sites is 1. The number of hydrogen-bond acceptors (Lipinski definition) is 1. The van der Waals surface area contributed by atoms with Crippen molar-refractivity contribution in [2.75, 3.05) is 0 Å². The quantitative estimate of drug-likeness (QED) is 0.662. The van der Waals surface area contributed by atoms with Gasteiger partial charge in [-0.05, 0) is 28.1 Å². The maximum absolute atomic E-state index is 12.6. The summed E-state index contributed by atoms with van der Waals surface area (Å²) in [6.45, 7) is 0. The number of rotatable bonds is 0. The molecule has 0 bridgehead atoms. The van der Waals surface area contributed by atoms with Crippen molar-refractivity contribution < 1.29 is 13.2 Å². The summed E-state index contributed by atoms with van der Waals surface area (Å²) in [6.07, 6.45) is -4.37. The summed E-state index contributed by atoms with van der Waals surface area (Å²) in [5.74, 6) is 0. The van der Waals surface area contributed by atoms with E-state index in [9.17, 15) is 13.2 Å². The number of pyridine rings is 1. The monoisotopic (exact) mass is 275 g/mol. The molecule has 0 atom stereocenters. The van der Waals surface area contributed by atoms with Crippen LogP contribution in [0.25, 0.3) is 10.9 Å². The highest BCUT2D eigenvalue weighted by molar-refractivity contribution is 9.10. The lowest BCUT2D eigenvalue weighted by Gasteiger charge is -2.09. The highest BCUT2D eigenvalue weighted by Gasteiger charge is 2.32. The molecule has 0 aliphatic rings. The van der Waals surface area contributed by atoms with E-state index in [-0.39, 0.29) is 5.52 Å². The Labute approximate surface area is 92.1 Å². The Kier molecular flexibility index (Phi) is 2.42. The number of aromatic nitrogens is 1. The molecule has 0 spiro atoms. The van der Waals surface area contributed by atoms with Crippen molar-refractivity contribution >= 4 is 26.8 Å². The van der Waals surface area contributed by atoms with E-state index in [0.717, 1.165) is 6.07 Å². The highest BCUT2D eigenvalue weighted by atomic mass is 79.9. The summed E-state index contributed by atoms with van der Waals surface area (Å²) in [5, 5.41) is 0.480. The van der Waals surface area contributed by atoms with Crippen molar-refractivity contribution in [2.45, 2.75) is 6.18 Å². The molecule has 1 aromatic heterocycles. The summed E-state index contributed by atoms with van der Waals surface area (Å²) in [4.78, 5) is 3.84. The first-order chi connectivity index (χ1) is 6.98. The first-order valence-corrected chi connectivity index (χ1v) is 4.90. The molecule has 0 saturated heterocycles. The third-order valence-corrected chi connectivity index (χ3v) is 2.43. The predicted molar refractivity (Wildman–Crippen MR) is 54.4 cm³/mol. The molecule has 1 nitrogen and oxygen atoms in total. The molecular weight excluding hydrogens is 271 g/mol. The molecular formula is C10H5BrF3N. The second kappa shape index (κ2) is 3.48. The Morgan fingerprint density at radius 3 is 2.47 bits per heavy atom. The average Bonchev–Trinajstić information content (AvgIpc) is 2.15. The van der Waals surface area contributed by atoms with Gasteiger partial charge in [0.15, 0.2) is 0 Å². The Balaban J connectivity index is 2.80. The van der Waals surface area contributed by atoms with Gasteiger partial charge < -0.3 is 0 Å². The van der Waals surface area contributed by atoms with Crippen molar-refractivity contribution in [3.63, 3.8) is 0 Å². The Hall–Kier alpha value is -1.10. The molecule has 1 heterocycles. The minimum absolute atomic E-state index is 0.0284. The van der Waals surface area contributed by atoms with Crippen LogP contribution < -0.4 is 0 Å². The smallest absolute Gasteiger partial charge is 0.240 e. The number of hydrogen-bond donors (Lipinski definition) is 0. The van der Waals surface area contributed by atoms with Crippen molar-refractivity contribution in [3.05, 3.63) is 40.5 Å². The zero-order chi connectivity index (χ0) is 11.1. The number of halogens is 4. The predicted octanol–water partition coefficient (Wildman–Crippen LogP) is 4.02. The van der Waals surface area contributed by atoms with Crippen LogP contribution in [0.4, 0.5) is 13.2 Å². The van der Waals surface area contributed by atoms with Gasteiger partial charge in [-0.15, -0.1) is 0 Å². The fourth-order valence-electron chi connectivity index (χ4n) is 1.35. The molecule has 0 saturated carbocycles. The van der Waals surface area contributed by atoms with Crippen LogP contribution in [0.1, 0.15) is 5.56 Å². The van der Waals surface area contributed by atoms with Gasteiger partial charge >= 0.3 is 6.18 Å². The number of nitrogens with zero attached hydrogens (tertiary/aromatic N) is 1. The fourth-order valence-corrected chi connectivity index (χ4v) is 1.66. The van der Waals surface area contributed by atoms with E-state index >= 15 is 0 Å². The molecule has 0 aliphatic carbocycles. The molecule has 78 valence electrons. The van der Waals surface area contributed by atoms with Crippen molar-refractivity contribution in [1.29, 1.82) is 0 Å². The maximum Gasteiger partial charge on any atom is 0.418 e. The summed E-state index contributed by atoms with van der Waals surface area (Å²) in [6, 6.07) is 7.22. The highest BCUT2D eigenvalue weighted by Crippen LogP contribution is 2.34. The van der Waals surface area contributed by atoms with Crippen molar-refractivity contribution in [3.8, 4) is 0 Å². The standard InChI is InChI=1S/C10H5BrF3N/c11-8-5-4-6-2-1-3-7(9(6)15-8)10(12,13)14/h1-5H. The number of benzene rings is 1. The van der Waals surface area contributed by atoms with E-state index in [2.05, 4.69) is 20.9 Å². The van der Waals surface area contributed by atoms with Crippen LogP contribution in [-0.4, -0.2) is 4.98 Å². The number of fused-ring (bicyclic) bond motifs is 1. The Bertz CT molecular complexity index is 507. The largest absolute Gasteiger partial charge is 0.418 e. The molecule has 0 radical (unpaired) electrons. The van der Waals surface area contributed by atoms with E-state index in [1.54, 1.807) is 18.2 Å². The second-order valence-corrected chi connectivity index (χ2v) is 3.82. The molecule has 0 unspecified atom stereocenters. The molecule has 0 fully saturated rings. The lowest BCUT2D eigenvalue weighted by atomic mass is 10.1. The van der Waals surface area contributed by atoms with Crippen LogP contribution in [0.3, 0.4) is 0 Å². The van der Waals surface area contributed by atoms with Gasteiger partial charge in [0.1, 0.15) is 4.60 Å². The van der Waals surface area contributed by atoms with Gasteiger partial charge in [-0.25, -0.2) is 4.98 Å². The zero-order valence-electron chi connectivity index (χ0n) is 7.35. The lowest BCUT2D eigenvalue weighted by Crippen LogP contribution is -2.06. The molecule has 2 rings (SSSR count). The van der Waals surface area contributed by atoms with Crippen LogP contribution in [0.2, 0.25) is 0 Å². The molecule has 2 aromatic rings. The van der Waals surface area contributed by atoms with E-state index in [4.69, 9.17) is 0 Å². The lowest BCUT2D eigenvalue weighted by molar-refractivity contribution is -0.136. The first kappa shape index (κ1) is 10.4. The van der Waals surface area contributed by atoms with Crippen LogP contribution >= 0.6 is 15.9 Å². The van der Waals surface area contributed by atoms with E-state index < -0.39 is 11.7 Å². The van der Waals surface area contributed by atoms with Gasteiger partial charge in [0.25, 0.3) is 0 Å². The van der Waals surface area contributed by atoms with Gasteiger partial charge in [-0.2, -0.15) is 13.2 Å². The van der Waals surface area contributed by atoms with Gasteiger partial charge in [0.2, 0.25) is 0 Å². The molecule has 15 heavy (non-hydrogen) atoms. The molecule has 1 aromatic carbocycles. The Morgan fingerprint density at radius 1 is 1.07 bits per heavy atom. The normalized spacial score (nSPS) is 12.0. The second-order valence-electron chi connectivity index (χ2n) is 3.01. The zero-order valence-corrected chi connectivity index (χ0v) is 8.93. The summed E-state index contributed by atoms with van der Waals surface area (Å²) >= 11 is 3.05. The topological polar surface area (TPSA) is 12.9 Å². The summed E-state index contributed by atoms with van der Waals surface area (Å²) in [7, 11) is 0. The molecule has 0 amide bonds. The van der Waals surface area contributed by atoms with E-state index in [0.29, 0.717) is 9.99 Å². The van der Waals surface area contributed by atoms with Gasteiger partial charge in [-0.1, -0.05) is 18.2 Å². The minimum atomic E-state index is -4.37. The van der Waals surface area contributed by atoms with Gasteiger partial charge in [0, 0.05) is 5.39 Å². The van der Waals surface area contributed by atoms with Crippen LogP contribution in [-0.2, 0) is 6.18 Å².